The van der Waals surface area contributed by atoms with Gasteiger partial charge in [0.1, 0.15) is 17.9 Å². The monoisotopic (exact) mass is 449 g/mol. The van der Waals surface area contributed by atoms with Gasteiger partial charge < -0.3 is 14.8 Å². The molecule has 1 N–H and O–H groups in total. The van der Waals surface area contributed by atoms with E-state index < -0.39 is 0 Å². The van der Waals surface area contributed by atoms with E-state index in [2.05, 4.69) is 17.9 Å². The van der Waals surface area contributed by atoms with Crippen molar-refractivity contribution in [2.45, 2.75) is 70.6 Å². The zero-order valence-electron chi connectivity index (χ0n) is 19.7. The number of piperidine rings is 1. The first-order valence-corrected chi connectivity index (χ1v) is 12.9. The molecule has 2 aliphatic carbocycles. The molecule has 1 saturated carbocycles. The SMILES string of the molecule is Cc1cc(N2CCC(C=O)CC2)cc(F)c1[C@H]1c2ccc(O)cc2CC[C@H]1C1CCCCC1. The Morgan fingerprint density at radius 3 is 2.45 bits per heavy atom. The number of benzene rings is 2. The first-order valence-electron chi connectivity index (χ1n) is 12.9. The molecule has 3 nitrogen and oxygen atoms in total. The standard InChI is InChI=1S/C29H36FNO2/c1-19-15-23(31-13-11-20(18-32)12-14-31)17-27(30)28(19)29-25(21-5-3-2-4-6-21)9-7-22-16-24(33)8-10-26(22)29/h8,10,15-18,20-21,25,29,33H,2-7,9,11-14H2,1H3/t25-,29+/m0/s1. The molecule has 1 saturated heterocycles. The van der Waals surface area contributed by atoms with Gasteiger partial charge in [-0.05, 0) is 91.0 Å². The second kappa shape index (κ2) is 9.48. The number of carbonyl (C=O) groups excluding carboxylic acids is 1. The van der Waals surface area contributed by atoms with E-state index >= 15 is 4.39 Å². The number of phenolic OH excluding ortho intramolecular Hbond substituents is 1. The Balaban J connectivity index is 1.52. The summed E-state index contributed by atoms with van der Waals surface area (Å²) in [5.41, 5.74) is 5.19. The zero-order chi connectivity index (χ0) is 22.9. The number of phenols is 1. The second-order valence-electron chi connectivity index (χ2n) is 10.6. The van der Waals surface area contributed by atoms with E-state index in [4.69, 9.17) is 0 Å². The lowest BCUT2D eigenvalue weighted by atomic mass is 9.63. The van der Waals surface area contributed by atoms with Crippen LogP contribution in [0.2, 0.25) is 0 Å². The van der Waals surface area contributed by atoms with Crippen LogP contribution in [0.1, 0.15) is 79.5 Å². The van der Waals surface area contributed by atoms with Crippen molar-refractivity contribution in [3.05, 3.63) is 58.4 Å². The third-order valence-electron chi connectivity index (χ3n) is 8.62. The average molecular weight is 450 g/mol. The van der Waals surface area contributed by atoms with E-state index in [1.807, 2.05) is 12.1 Å². The highest BCUT2D eigenvalue weighted by Crippen LogP contribution is 2.50. The summed E-state index contributed by atoms with van der Waals surface area (Å²) in [4.78, 5) is 13.3. The van der Waals surface area contributed by atoms with Crippen molar-refractivity contribution in [1.29, 1.82) is 0 Å². The van der Waals surface area contributed by atoms with Gasteiger partial charge in [-0.3, -0.25) is 0 Å². The molecule has 0 bridgehead atoms. The van der Waals surface area contributed by atoms with Crippen LogP contribution in [0, 0.1) is 30.5 Å². The van der Waals surface area contributed by atoms with E-state index in [0.717, 1.165) is 61.9 Å². The van der Waals surface area contributed by atoms with Gasteiger partial charge in [-0.25, -0.2) is 4.39 Å². The Hall–Kier alpha value is -2.36. The fourth-order valence-electron chi connectivity index (χ4n) is 6.88. The summed E-state index contributed by atoms with van der Waals surface area (Å²) in [5.74, 6) is 1.48. The maximum Gasteiger partial charge on any atom is 0.129 e. The molecule has 0 amide bonds. The molecule has 2 fully saturated rings. The van der Waals surface area contributed by atoms with Crippen LogP contribution in [0.4, 0.5) is 10.1 Å². The molecule has 2 atom stereocenters. The molecule has 0 unspecified atom stereocenters. The molecule has 0 spiro atoms. The van der Waals surface area contributed by atoms with Gasteiger partial charge in [0.05, 0.1) is 0 Å². The van der Waals surface area contributed by atoms with E-state index in [9.17, 15) is 9.90 Å². The lowest BCUT2D eigenvalue weighted by Crippen LogP contribution is -2.34. The van der Waals surface area contributed by atoms with Crippen molar-refractivity contribution in [2.24, 2.45) is 17.8 Å². The van der Waals surface area contributed by atoms with Crippen molar-refractivity contribution in [1.82, 2.24) is 0 Å². The largest absolute Gasteiger partial charge is 0.508 e. The highest BCUT2D eigenvalue weighted by molar-refractivity contribution is 5.58. The predicted molar refractivity (Wildman–Crippen MR) is 130 cm³/mol. The molecular formula is C29H36FNO2. The van der Waals surface area contributed by atoms with Gasteiger partial charge in [-0.2, -0.15) is 0 Å². The first kappa shape index (κ1) is 22.4. The Morgan fingerprint density at radius 2 is 1.76 bits per heavy atom. The molecule has 2 aromatic rings. The highest BCUT2D eigenvalue weighted by Gasteiger charge is 2.38. The topological polar surface area (TPSA) is 40.5 Å². The molecule has 33 heavy (non-hydrogen) atoms. The smallest absolute Gasteiger partial charge is 0.129 e. The predicted octanol–water partition coefficient (Wildman–Crippen LogP) is 6.53. The van der Waals surface area contributed by atoms with Gasteiger partial charge in [-0.15, -0.1) is 0 Å². The van der Waals surface area contributed by atoms with Gasteiger partial charge >= 0.3 is 0 Å². The summed E-state index contributed by atoms with van der Waals surface area (Å²) in [6.07, 6.45) is 11.2. The number of nitrogens with zero attached hydrogens (tertiary/aromatic N) is 1. The number of rotatable bonds is 4. The second-order valence-corrected chi connectivity index (χ2v) is 10.6. The third-order valence-corrected chi connectivity index (χ3v) is 8.62. The number of fused-ring (bicyclic) bond motifs is 1. The van der Waals surface area contributed by atoms with Gasteiger partial charge in [-0.1, -0.05) is 38.2 Å². The van der Waals surface area contributed by atoms with Crippen LogP contribution in [-0.4, -0.2) is 24.5 Å². The molecule has 5 rings (SSSR count). The van der Waals surface area contributed by atoms with Crippen molar-refractivity contribution in [3.63, 3.8) is 0 Å². The fourth-order valence-corrected chi connectivity index (χ4v) is 6.88. The number of aldehydes is 1. The number of anilines is 1. The van der Waals surface area contributed by atoms with E-state index in [-0.39, 0.29) is 17.7 Å². The summed E-state index contributed by atoms with van der Waals surface area (Å²) in [5, 5.41) is 10.1. The summed E-state index contributed by atoms with van der Waals surface area (Å²) in [7, 11) is 0. The van der Waals surface area contributed by atoms with Crippen LogP contribution in [0.15, 0.2) is 30.3 Å². The van der Waals surface area contributed by atoms with Crippen molar-refractivity contribution < 1.29 is 14.3 Å². The lowest BCUT2D eigenvalue weighted by Gasteiger charge is -2.41. The Kier molecular flexibility index (Phi) is 6.44. The summed E-state index contributed by atoms with van der Waals surface area (Å²) in [6.45, 7) is 3.67. The Morgan fingerprint density at radius 1 is 1.00 bits per heavy atom. The summed E-state index contributed by atoms with van der Waals surface area (Å²) < 4.78 is 16.0. The minimum absolute atomic E-state index is 0.0484. The van der Waals surface area contributed by atoms with Gasteiger partial charge in [0.25, 0.3) is 0 Å². The van der Waals surface area contributed by atoms with Crippen LogP contribution in [0.3, 0.4) is 0 Å². The van der Waals surface area contributed by atoms with Gasteiger partial charge in [0.2, 0.25) is 0 Å². The van der Waals surface area contributed by atoms with E-state index in [1.54, 1.807) is 12.1 Å². The molecule has 3 aliphatic rings. The van der Waals surface area contributed by atoms with Crippen LogP contribution in [0.5, 0.6) is 5.75 Å². The normalized spacial score (nSPS) is 24.5. The lowest BCUT2D eigenvalue weighted by molar-refractivity contribution is -0.111. The number of hydrogen-bond acceptors (Lipinski definition) is 3. The zero-order valence-corrected chi connectivity index (χ0v) is 19.7. The molecular weight excluding hydrogens is 413 g/mol. The highest BCUT2D eigenvalue weighted by atomic mass is 19.1. The quantitative estimate of drug-likeness (QED) is 0.540. The number of aromatic hydroxyl groups is 1. The van der Waals surface area contributed by atoms with Crippen molar-refractivity contribution >= 4 is 12.0 Å². The van der Waals surface area contributed by atoms with Crippen LogP contribution >= 0.6 is 0 Å². The minimum Gasteiger partial charge on any atom is -0.508 e. The molecule has 1 aliphatic heterocycles. The molecule has 176 valence electrons. The first-order chi connectivity index (χ1) is 16.0. The number of carbonyl (C=O) groups is 1. The number of hydrogen-bond donors (Lipinski definition) is 1. The molecule has 0 radical (unpaired) electrons. The Bertz CT molecular complexity index is 982. The number of aryl methyl sites for hydroxylation is 2. The summed E-state index contributed by atoms with van der Waals surface area (Å²) >= 11 is 0. The molecule has 4 heteroatoms. The minimum atomic E-state index is -0.103. The number of halogens is 1. The summed E-state index contributed by atoms with van der Waals surface area (Å²) in [6, 6.07) is 9.59. The maximum absolute atomic E-state index is 16.0. The van der Waals surface area contributed by atoms with Crippen LogP contribution < -0.4 is 4.90 Å². The fraction of sp³-hybridized carbons (Fsp3) is 0.552. The molecule has 1 heterocycles. The Labute approximate surface area is 197 Å². The average Bonchev–Trinajstić information content (AvgIpc) is 2.84. The van der Waals surface area contributed by atoms with E-state index in [1.165, 1.54) is 43.2 Å². The van der Waals surface area contributed by atoms with E-state index in [0.29, 0.717) is 17.6 Å². The van der Waals surface area contributed by atoms with Crippen molar-refractivity contribution in [2.75, 3.05) is 18.0 Å². The van der Waals surface area contributed by atoms with Crippen molar-refractivity contribution in [3.8, 4) is 5.75 Å². The van der Waals surface area contributed by atoms with Crippen LogP contribution in [0.25, 0.3) is 0 Å². The third kappa shape index (κ3) is 4.41. The van der Waals surface area contributed by atoms with Gasteiger partial charge in [0.15, 0.2) is 0 Å². The molecule has 0 aromatic heterocycles. The maximum atomic E-state index is 16.0. The molecule has 2 aromatic carbocycles. The van der Waals surface area contributed by atoms with Gasteiger partial charge in [0, 0.05) is 30.6 Å². The van der Waals surface area contributed by atoms with Crippen LogP contribution in [-0.2, 0) is 11.2 Å².